The topological polar surface area (TPSA) is 150 Å². The van der Waals surface area contributed by atoms with Gasteiger partial charge in [0, 0.05) is 35.6 Å². The summed E-state index contributed by atoms with van der Waals surface area (Å²) in [4.78, 5) is 62.8. The Bertz CT molecular complexity index is 1840. The molecule has 0 amide bonds. The van der Waals surface area contributed by atoms with Crippen LogP contribution in [-0.2, 0) is 28.7 Å². The number of ether oxygens (including phenoxy) is 5. The molecule has 0 bridgehead atoms. The van der Waals surface area contributed by atoms with Gasteiger partial charge in [0.15, 0.2) is 11.9 Å². The van der Waals surface area contributed by atoms with E-state index in [1.807, 2.05) is 12.1 Å². The number of hydrogen-bond donors (Lipinski definition) is 0. The third-order valence-corrected chi connectivity index (χ3v) is 7.76. The van der Waals surface area contributed by atoms with E-state index < -0.39 is 24.0 Å². The number of esters is 2. The van der Waals surface area contributed by atoms with Gasteiger partial charge >= 0.3 is 17.9 Å². The van der Waals surface area contributed by atoms with Crippen molar-refractivity contribution in [1.29, 1.82) is 0 Å². The smallest absolute Gasteiger partial charge is 0.378 e. The van der Waals surface area contributed by atoms with Crippen molar-refractivity contribution in [2.24, 2.45) is 0 Å². The number of fused-ring (bicyclic) bond motifs is 3. The molecule has 1 aliphatic rings. The number of methoxy groups -OCH3 is 2. The minimum atomic E-state index is -0.720. The van der Waals surface area contributed by atoms with Gasteiger partial charge in [-0.05, 0) is 95.1 Å². The van der Waals surface area contributed by atoms with Crippen LogP contribution < -0.4 is 19.1 Å². The van der Waals surface area contributed by atoms with Crippen molar-refractivity contribution in [2.45, 2.75) is 32.3 Å². The summed E-state index contributed by atoms with van der Waals surface area (Å²) in [5, 5.41) is 0. The van der Waals surface area contributed by atoms with Crippen LogP contribution >= 0.6 is 0 Å². The molecule has 12 nitrogen and oxygen atoms in total. The van der Waals surface area contributed by atoms with Crippen LogP contribution in [-0.4, -0.2) is 64.0 Å². The van der Waals surface area contributed by atoms with Gasteiger partial charge in [0.2, 0.25) is 0 Å². The highest BCUT2D eigenvalue weighted by Gasteiger charge is 2.26. The number of carbonyl (C=O) groups excluding carboxylic acids is 5. The maximum absolute atomic E-state index is 11.4. The molecule has 1 aliphatic carbocycles. The van der Waals surface area contributed by atoms with E-state index in [1.165, 1.54) is 34.4 Å². The van der Waals surface area contributed by atoms with Gasteiger partial charge in [-0.25, -0.2) is 14.5 Å². The van der Waals surface area contributed by atoms with Gasteiger partial charge in [0.1, 0.15) is 43.0 Å². The van der Waals surface area contributed by atoms with Crippen LogP contribution in [0.3, 0.4) is 0 Å². The zero-order valence-corrected chi connectivity index (χ0v) is 30.5. The first-order valence-electron chi connectivity index (χ1n) is 16.7. The Morgan fingerprint density at radius 2 is 1.17 bits per heavy atom. The molecule has 0 N–H and O–H groups in total. The van der Waals surface area contributed by atoms with Crippen LogP contribution in [0, 0.1) is 0 Å². The van der Waals surface area contributed by atoms with E-state index in [1.54, 1.807) is 57.5 Å². The van der Waals surface area contributed by atoms with Crippen molar-refractivity contribution in [3.05, 3.63) is 132 Å². The summed E-state index contributed by atoms with van der Waals surface area (Å²) in [6.45, 7) is 10.3. The minimum absolute atomic E-state index is 0.0244. The first-order chi connectivity index (χ1) is 26.1. The van der Waals surface area contributed by atoms with Crippen LogP contribution in [0.1, 0.15) is 58.0 Å². The van der Waals surface area contributed by atoms with Gasteiger partial charge in [-0.2, -0.15) is 0 Å². The van der Waals surface area contributed by atoms with Crippen molar-refractivity contribution in [2.75, 3.05) is 27.4 Å². The lowest BCUT2D eigenvalue weighted by Gasteiger charge is -2.18. The second-order valence-electron chi connectivity index (χ2n) is 11.3. The lowest BCUT2D eigenvalue weighted by Crippen LogP contribution is -2.30. The number of aldehydes is 2. The van der Waals surface area contributed by atoms with Crippen molar-refractivity contribution in [3.63, 3.8) is 0 Å². The fourth-order valence-electron chi connectivity index (χ4n) is 4.89. The number of benzene rings is 4. The predicted molar refractivity (Wildman–Crippen MR) is 200 cm³/mol. The number of rotatable bonds is 15. The minimum Gasteiger partial charge on any atom is -0.497 e. The van der Waals surface area contributed by atoms with Crippen LogP contribution in [0.5, 0.6) is 23.0 Å². The first kappa shape index (κ1) is 41.7. The van der Waals surface area contributed by atoms with Gasteiger partial charge in [-0.3, -0.25) is 19.3 Å². The van der Waals surface area contributed by atoms with E-state index in [4.69, 9.17) is 23.7 Å². The Hall–Kier alpha value is -6.69. The Morgan fingerprint density at radius 1 is 0.685 bits per heavy atom. The second kappa shape index (κ2) is 21.6. The molecule has 282 valence electrons. The molecule has 4 aromatic carbocycles. The molecule has 0 aliphatic heterocycles. The van der Waals surface area contributed by atoms with Crippen LogP contribution in [0.4, 0.5) is 0 Å². The molecule has 0 radical (unpaired) electrons. The highest BCUT2D eigenvalue weighted by Crippen LogP contribution is 2.46. The average Bonchev–Trinajstić information content (AvgIpc) is 3.50. The molecule has 54 heavy (non-hydrogen) atoms. The summed E-state index contributed by atoms with van der Waals surface area (Å²) in [5.74, 6) is 1.38. The molecule has 0 spiro atoms. The average molecular weight is 739 g/mol. The summed E-state index contributed by atoms with van der Waals surface area (Å²) >= 11 is 0. The fraction of sp³-hybridized carbons (Fsp3) is 0.214. The summed E-state index contributed by atoms with van der Waals surface area (Å²) in [6.07, 6.45) is 2.93. The summed E-state index contributed by atoms with van der Waals surface area (Å²) < 4.78 is 26.1. The predicted octanol–water partition coefficient (Wildman–Crippen LogP) is 7.29. The van der Waals surface area contributed by atoms with E-state index in [9.17, 15) is 24.0 Å². The molecule has 0 aromatic heterocycles. The summed E-state index contributed by atoms with van der Waals surface area (Å²) in [5.41, 5.74) is 6.32. The number of carbonyl (C=O) groups is 5. The maximum Gasteiger partial charge on any atom is 0.378 e. The molecule has 4 aromatic rings. The van der Waals surface area contributed by atoms with E-state index in [2.05, 4.69) is 54.1 Å². The van der Waals surface area contributed by atoms with Crippen molar-refractivity contribution in [3.8, 4) is 34.1 Å². The normalized spacial score (nSPS) is 11.2. The van der Waals surface area contributed by atoms with Crippen molar-refractivity contribution in [1.82, 2.24) is 0 Å². The van der Waals surface area contributed by atoms with E-state index in [0.717, 1.165) is 29.9 Å². The third kappa shape index (κ3) is 12.5. The summed E-state index contributed by atoms with van der Waals surface area (Å²) in [6, 6.07) is 25.2. The molecule has 0 saturated heterocycles. The molecule has 1 unspecified atom stereocenters. The molecular weight excluding hydrogens is 696 g/mol. The van der Waals surface area contributed by atoms with E-state index in [0.29, 0.717) is 34.8 Å². The SMILES string of the molecule is C=CC(=O)OCC(COc1ccc(C=O)cc1)OC(=O)CC.C=CC(=O)OOc1ccc(C=O)cc1.COc1ccc2c(c1)C(C)c1cc(OC)ccc1-2. The highest BCUT2D eigenvalue weighted by atomic mass is 17.2. The van der Waals surface area contributed by atoms with Gasteiger partial charge in [0.25, 0.3) is 0 Å². The Balaban J connectivity index is 0.000000223. The monoisotopic (exact) mass is 738 g/mol. The van der Waals surface area contributed by atoms with Gasteiger partial charge in [-0.15, -0.1) is 0 Å². The van der Waals surface area contributed by atoms with Crippen molar-refractivity contribution >= 4 is 30.5 Å². The quantitative estimate of drug-likeness (QED) is 0.0396. The third-order valence-electron chi connectivity index (χ3n) is 7.76. The fourth-order valence-corrected chi connectivity index (χ4v) is 4.89. The molecule has 12 heteroatoms. The molecular formula is C42H42O12. The van der Waals surface area contributed by atoms with Crippen LogP contribution in [0.25, 0.3) is 11.1 Å². The Labute approximate surface area is 313 Å². The molecule has 0 saturated carbocycles. The second-order valence-corrected chi connectivity index (χ2v) is 11.3. The van der Waals surface area contributed by atoms with Crippen molar-refractivity contribution < 1.29 is 57.4 Å². The lowest BCUT2D eigenvalue weighted by molar-refractivity contribution is -0.207. The zero-order chi connectivity index (χ0) is 39.5. The first-order valence-corrected chi connectivity index (χ1v) is 16.7. The Kier molecular flexibility index (Phi) is 16.7. The van der Waals surface area contributed by atoms with E-state index >= 15 is 0 Å². The van der Waals surface area contributed by atoms with E-state index in [-0.39, 0.29) is 19.6 Å². The molecule has 5 rings (SSSR count). The standard InChI is InChI=1S/C16H18O6.C16H16O2.C10H8O4/c1-3-15(18)21-11-14(22-16(19)4-2)10-20-13-7-5-12(9-17)6-8-13;1-10-15-8-11(17-2)4-6-13(15)14-7-5-12(18-3)9-16(10)14;1-2-10(12)14-13-9-5-3-8(7-11)4-6-9/h3,5-9,14H,1,4,10-11H2,2H3;4-10H,1-3H3;2-7H,1H2. The van der Waals surface area contributed by atoms with Crippen LogP contribution in [0.15, 0.2) is 110 Å². The highest BCUT2D eigenvalue weighted by molar-refractivity contribution is 5.82. The van der Waals surface area contributed by atoms with Crippen LogP contribution in [0.2, 0.25) is 0 Å². The number of hydrogen-bond acceptors (Lipinski definition) is 12. The van der Waals surface area contributed by atoms with Gasteiger partial charge in [0.05, 0.1) is 14.2 Å². The van der Waals surface area contributed by atoms with Gasteiger partial charge < -0.3 is 23.7 Å². The largest absolute Gasteiger partial charge is 0.497 e. The van der Waals surface area contributed by atoms with Gasteiger partial charge in [-0.1, -0.05) is 39.1 Å². The summed E-state index contributed by atoms with van der Waals surface area (Å²) in [7, 11) is 3.41. The maximum atomic E-state index is 11.4. The Morgan fingerprint density at radius 3 is 1.61 bits per heavy atom. The molecule has 1 atom stereocenters. The molecule has 0 fully saturated rings. The zero-order valence-electron chi connectivity index (χ0n) is 30.5. The molecule has 0 heterocycles. The lowest BCUT2D eigenvalue weighted by atomic mass is 9.99.